The van der Waals surface area contributed by atoms with Gasteiger partial charge in [-0.3, -0.25) is 4.57 Å². The van der Waals surface area contributed by atoms with E-state index in [9.17, 15) is 0 Å². The fourth-order valence-corrected chi connectivity index (χ4v) is 9.70. The van der Waals surface area contributed by atoms with Crippen LogP contribution in [0.3, 0.4) is 0 Å². The molecular weight excluding hydrogens is 278 g/mol. The minimum atomic E-state index is -2.39. The van der Waals surface area contributed by atoms with E-state index in [-0.39, 0.29) is 5.04 Å². The van der Waals surface area contributed by atoms with Gasteiger partial charge in [0, 0.05) is 19.3 Å². The van der Waals surface area contributed by atoms with E-state index in [1.807, 2.05) is 14.2 Å². The number of hydrogen-bond donors (Lipinski definition) is 0. The maximum atomic E-state index is 6.30. The third-order valence-electron chi connectivity index (χ3n) is 5.98. The Kier molecular flexibility index (Phi) is 7.89. The topological polar surface area (TPSA) is 21.7 Å². The smallest absolute Gasteiger partial charge is 0.386 e. The average molecular weight is 316 g/mol. The standard InChI is InChI=1S/C17H37NO2Si/c1-7-16(8-2)17(9-3,10-4)21(19-5,20-6)18-14-12-11-13-15-18/h16H,7-15H2,1-6H3. The minimum absolute atomic E-state index is 0.192. The first-order valence-corrected chi connectivity index (χ1v) is 10.7. The summed E-state index contributed by atoms with van der Waals surface area (Å²) >= 11 is 0. The predicted octanol–water partition coefficient (Wildman–Crippen LogP) is 4.70. The van der Waals surface area contributed by atoms with Gasteiger partial charge in [0.2, 0.25) is 0 Å². The Morgan fingerprint density at radius 1 is 0.905 bits per heavy atom. The molecule has 0 spiro atoms. The van der Waals surface area contributed by atoms with E-state index in [0.717, 1.165) is 25.9 Å². The van der Waals surface area contributed by atoms with Crippen LogP contribution in [0.4, 0.5) is 0 Å². The van der Waals surface area contributed by atoms with Crippen LogP contribution in [0.5, 0.6) is 0 Å². The molecule has 1 heterocycles. The molecule has 126 valence electrons. The van der Waals surface area contributed by atoms with Gasteiger partial charge < -0.3 is 8.85 Å². The van der Waals surface area contributed by atoms with E-state index in [4.69, 9.17) is 8.85 Å². The van der Waals surface area contributed by atoms with Crippen molar-refractivity contribution in [3.8, 4) is 0 Å². The molecule has 3 nitrogen and oxygen atoms in total. The van der Waals surface area contributed by atoms with Crippen molar-refractivity contribution in [2.75, 3.05) is 27.3 Å². The van der Waals surface area contributed by atoms with Crippen LogP contribution in [0.1, 0.15) is 72.6 Å². The zero-order chi connectivity index (χ0) is 15.9. The maximum Gasteiger partial charge on any atom is 0.434 e. The van der Waals surface area contributed by atoms with Crippen LogP contribution in [0.25, 0.3) is 0 Å². The first-order chi connectivity index (χ1) is 10.1. The molecule has 0 bridgehead atoms. The highest BCUT2D eigenvalue weighted by atomic mass is 28.4. The van der Waals surface area contributed by atoms with Crippen molar-refractivity contribution in [1.29, 1.82) is 0 Å². The van der Waals surface area contributed by atoms with Crippen molar-refractivity contribution >= 4 is 8.72 Å². The van der Waals surface area contributed by atoms with E-state index >= 15 is 0 Å². The van der Waals surface area contributed by atoms with E-state index in [0.29, 0.717) is 5.92 Å². The normalized spacial score (nSPS) is 18.4. The Labute approximate surface area is 133 Å². The second-order valence-corrected chi connectivity index (χ2v) is 10.0. The van der Waals surface area contributed by atoms with Crippen molar-refractivity contribution in [3.63, 3.8) is 0 Å². The van der Waals surface area contributed by atoms with Crippen LogP contribution in [0.2, 0.25) is 5.04 Å². The van der Waals surface area contributed by atoms with Crippen LogP contribution < -0.4 is 0 Å². The summed E-state index contributed by atoms with van der Waals surface area (Å²) in [5.74, 6) is 0.681. The summed E-state index contributed by atoms with van der Waals surface area (Å²) in [6.07, 6.45) is 8.66. The Morgan fingerprint density at radius 2 is 1.38 bits per heavy atom. The summed E-state index contributed by atoms with van der Waals surface area (Å²) in [7, 11) is 1.40. The predicted molar refractivity (Wildman–Crippen MR) is 92.5 cm³/mol. The molecule has 1 fully saturated rings. The molecule has 1 rings (SSSR count). The van der Waals surface area contributed by atoms with Gasteiger partial charge in [0.05, 0.1) is 0 Å². The molecule has 0 N–H and O–H groups in total. The van der Waals surface area contributed by atoms with Crippen molar-refractivity contribution in [3.05, 3.63) is 0 Å². The largest absolute Gasteiger partial charge is 0.434 e. The molecule has 0 aromatic heterocycles. The average Bonchev–Trinajstić information content (AvgIpc) is 2.56. The first-order valence-electron chi connectivity index (χ1n) is 8.97. The molecule has 21 heavy (non-hydrogen) atoms. The molecule has 0 aromatic carbocycles. The van der Waals surface area contributed by atoms with Gasteiger partial charge in [0.25, 0.3) is 0 Å². The Morgan fingerprint density at radius 3 is 1.71 bits per heavy atom. The molecule has 0 radical (unpaired) electrons. The Bertz CT molecular complexity index is 281. The van der Waals surface area contributed by atoms with E-state index in [1.165, 1.54) is 32.1 Å². The number of hydrogen-bond acceptors (Lipinski definition) is 3. The quantitative estimate of drug-likeness (QED) is 0.576. The highest BCUT2D eigenvalue weighted by molar-refractivity contribution is 6.68. The van der Waals surface area contributed by atoms with Crippen LogP contribution in [-0.4, -0.2) is 40.6 Å². The van der Waals surface area contributed by atoms with Gasteiger partial charge in [-0.05, 0) is 44.7 Å². The molecule has 1 aliphatic heterocycles. The van der Waals surface area contributed by atoms with Gasteiger partial charge in [-0.2, -0.15) is 0 Å². The maximum absolute atomic E-state index is 6.30. The molecule has 1 saturated heterocycles. The lowest BCUT2D eigenvalue weighted by atomic mass is 9.83. The van der Waals surface area contributed by atoms with Gasteiger partial charge in [-0.25, -0.2) is 0 Å². The molecule has 4 heteroatoms. The fourth-order valence-electron chi connectivity index (χ4n) is 4.85. The molecule has 0 saturated carbocycles. The molecule has 0 aliphatic carbocycles. The summed E-state index contributed by atoms with van der Waals surface area (Å²) in [6, 6.07) is 0. The van der Waals surface area contributed by atoms with E-state index in [2.05, 4.69) is 32.3 Å². The van der Waals surface area contributed by atoms with Crippen molar-refractivity contribution in [2.45, 2.75) is 77.7 Å². The van der Waals surface area contributed by atoms with Crippen LogP contribution in [0.15, 0.2) is 0 Å². The molecule has 0 aromatic rings. The number of rotatable bonds is 9. The molecule has 1 aliphatic rings. The number of nitrogens with zero attached hydrogens (tertiary/aromatic N) is 1. The van der Waals surface area contributed by atoms with Crippen molar-refractivity contribution in [1.82, 2.24) is 4.57 Å². The second-order valence-electron chi connectivity index (χ2n) is 6.41. The second kappa shape index (κ2) is 8.66. The summed E-state index contributed by atoms with van der Waals surface area (Å²) in [4.78, 5) is 0. The minimum Gasteiger partial charge on any atom is -0.386 e. The summed E-state index contributed by atoms with van der Waals surface area (Å²) in [5, 5.41) is 0.192. The van der Waals surface area contributed by atoms with Crippen LogP contribution in [-0.2, 0) is 8.85 Å². The lowest BCUT2D eigenvalue weighted by Crippen LogP contribution is -2.67. The zero-order valence-electron chi connectivity index (χ0n) is 15.2. The van der Waals surface area contributed by atoms with Gasteiger partial charge >= 0.3 is 8.72 Å². The van der Waals surface area contributed by atoms with Gasteiger partial charge in [-0.15, -0.1) is 0 Å². The highest BCUT2D eigenvalue weighted by Crippen LogP contribution is 2.55. The van der Waals surface area contributed by atoms with Crippen LogP contribution >= 0.6 is 0 Å². The monoisotopic (exact) mass is 315 g/mol. The lowest BCUT2D eigenvalue weighted by Gasteiger charge is -2.54. The lowest BCUT2D eigenvalue weighted by molar-refractivity contribution is 0.0883. The van der Waals surface area contributed by atoms with Gasteiger partial charge in [0.1, 0.15) is 0 Å². The van der Waals surface area contributed by atoms with E-state index < -0.39 is 8.72 Å². The van der Waals surface area contributed by atoms with Gasteiger partial charge in [0.15, 0.2) is 0 Å². The van der Waals surface area contributed by atoms with Crippen LogP contribution in [0, 0.1) is 5.92 Å². The Hall–Kier alpha value is 0.0969. The third-order valence-corrected chi connectivity index (χ3v) is 10.7. The summed E-state index contributed by atoms with van der Waals surface area (Å²) in [5.41, 5.74) is 0. The molecule has 0 unspecified atom stereocenters. The first kappa shape index (κ1) is 19.1. The SMILES string of the molecule is CCC(CC)C(CC)(CC)[Si](OC)(OC)N1CCCCC1. The summed E-state index contributed by atoms with van der Waals surface area (Å²) in [6.45, 7) is 11.6. The number of piperidine rings is 1. The summed E-state index contributed by atoms with van der Waals surface area (Å²) < 4.78 is 15.2. The molecular formula is C17H37NO2Si. The van der Waals surface area contributed by atoms with Crippen molar-refractivity contribution in [2.24, 2.45) is 5.92 Å². The molecule has 0 atom stereocenters. The fraction of sp³-hybridized carbons (Fsp3) is 1.00. The Balaban J connectivity index is 3.29. The molecule has 0 amide bonds. The van der Waals surface area contributed by atoms with E-state index in [1.54, 1.807) is 0 Å². The van der Waals surface area contributed by atoms with Crippen molar-refractivity contribution < 1.29 is 8.85 Å². The van der Waals surface area contributed by atoms with Gasteiger partial charge in [-0.1, -0.05) is 47.0 Å². The zero-order valence-corrected chi connectivity index (χ0v) is 16.2. The highest BCUT2D eigenvalue weighted by Gasteiger charge is 2.62. The third kappa shape index (κ3) is 3.24.